The second-order valence-corrected chi connectivity index (χ2v) is 11.1. The van der Waals surface area contributed by atoms with E-state index in [1.807, 2.05) is 42.1 Å². The van der Waals surface area contributed by atoms with Crippen LogP contribution in [-0.2, 0) is 20.0 Å². The average molecular weight is 570 g/mol. The van der Waals surface area contributed by atoms with Crippen molar-refractivity contribution in [2.45, 2.75) is 19.9 Å². The summed E-state index contributed by atoms with van der Waals surface area (Å²) < 4.78 is 13.4. The summed E-state index contributed by atoms with van der Waals surface area (Å²) in [5.41, 5.74) is 6.03. The second-order valence-electron chi connectivity index (χ2n) is 10.7. The number of Topliss-reactive ketones (excluding diaryl/α,β-unsaturated/α-hetero) is 1. The number of halogens is 1. The van der Waals surface area contributed by atoms with Gasteiger partial charge in [-0.15, -0.1) is 0 Å². The molecule has 0 amide bonds. The van der Waals surface area contributed by atoms with Crippen molar-refractivity contribution in [1.29, 1.82) is 0 Å². The summed E-state index contributed by atoms with van der Waals surface area (Å²) in [5.74, 6) is 1.45. The molecule has 8 nitrogen and oxygen atoms in total. The van der Waals surface area contributed by atoms with Gasteiger partial charge in [0.1, 0.15) is 17.5 Å². The van der Waals surface area contributed by atoms with Crippen LogP contribution in [0.1, 0.15) is 27.0 Å². The topological polar surface area (TPSA) is 76.6 Å². The predicted molar refractivity (Wildman–Crippen MR) is 160 cm³/mol. The minimum Gasteiger partial charge on any atom is -0.472 e. The number of hydrogen-bond acceptors (Lipinski definition) is 7. The minimum atomic E-state index is 0.00685. The van der Waals surface area contributed by atoms with E-state index in [1.165, 1.54) is 5.56 Å². The summed E-state index contributed by atoms with van der Waals surface area (Å²) in [6.07, 6.45) is 5.26. The first-order valence-electron chi connectivity index (χ1n) is 13.7. The summed E-state index contributed by atoms with van der Waals surface area (Å²) in [6.45, 7) is 7.26. The van der Waals surface area contributed by atoms with E-state index in [0.29, 0.717) is 33.6 Å². The van der Waals surface area contributed by atoms with Crippen LogP contribution >= 0.6 is 11.6 Å². The molecule has 210 valence electrons. The Hall–Kier alpha value is -3.98. The highest BCUT2D eigenvalue weighted by atomic mass is 35.5. The van der Waals surface area contributed by atoms with Crippen molar-refractivity contribution in [3.8, 4) is 23.0 Å². The average Bonchev–Trinajstić information content (AvgIpc) is 3.63. The Bertz CT molecular complexity index is 1700. The number of aryl methyl sites for hydroxylation is 2. The Morgan fingerprint density at radius 2 is 1.83 bits per heavy atom. The molecule has 0 spiro atoms. The fourth-order valence-corrected chi connectivity index (χ4v) is 5.36. The zero-order chi connectivity index (χ0) is 28.5. The first-order chi connectivity index (χ1) is 19.8. The molecule has 1 aliphatic rings. The van der Waals surface area contributed by atoms with Crippen LogP contribution in [0.4, 0.5) is 0 Å². The molecule has 3 aromatic heterocycles. The lowest BCUT2D eigenvalue weighted by molar-refractivity contribution is 0.0993. The van der Waals surface area contributed by atoms with Gasteiger partial charge in [0.25, 0.3) is 0 Å². The molecule has 6 rings (SSSR count). The normalized spacial score (nSPS) is 14.5. The summed E-state index contributed by atoms with van der Waals surface area (Å²) in [5, 5.41) is 0.514. The van der Waals surface area contributed by atoms with Crippen LogP contribution in [0.3, 0.4) is 0 Å². The molecule has 41 heavy (non-hydrogen) atoms. The number of hydrogen-bond donors (Lipinski definition) is 0. The highest BCUT2D eigenvalue weighted by Gasteiger charge is 2.18. The molecular weight excluding hydrogens is 538 g/mol. The molecule has 0 aliphatic carbocycles. The third-order valence-electron chi connectivity index (χ3n) is 7.70. The largest absolute Gasteiger partial charge is 0.472 e. The Morgan fingerprint density at radius 1 is 1.00 bits per heavy atom. The van der Waals surface area contributed by atoms with E-state index in [1.54, 1.807) is 30.7 Å². The van der Waals surface area contributed by atoms with Crippen LogP contribution in [0.25, 0.3) is 22.4 Å². The molecule has 5 aromatic rings. The maximum Gasteiger partial charge on any atom is 0.247 e. The number of fused-ring (bicyclic) bond motifs is 1. The molecule has 0 bridgehead atoms. The quantitative estimate of drug-likeness (QED) is 0.207. The molecule has 4 heterocycles. The number of nitrogens with zero attached hydrogens (tertiary/aromatic N) is 5. The molecule has 9 heteroatoms. The number of carbonyl (C=O) groups is 1. The van der Waals surface area contributed by atoms with Crippen molar-refractivity contribution in [3.63, 3.8) is 0 Å². The van der Waals surface area contributed by atoms with Gasteiger partial charge in [-0.05, 0) is 67.1 Å². The maximum atomic E-state index is 13.3. The molecule has 0 saturated carbocycles. The van der Waals surface area contributed by atoms with Crippen LogP contribution in [0.5, 0.6) is 11.6 Å². The molecule has 1 saturated heterocycles. The molecule has 0 unspecified atom stereocenters. The number of ketones is 1. The van der Waals surface area contributed by atoms with E-state index < -0.39 is 0 Å². The van der Waals surface area contributed by atoms with Crippen molar-refractivity contribution in [2.24, 2.45) is 7.05 Å². The zero-order valence-corrected chi connectivity index (χ0v) is 24.2. The number of carbonyl (C=O) groups excluding carboxylic acids is 1. The Morgan fingerprint density at radius 3 is 2.59 bits per heavy atom. The van der Waals surface area contributed by atoms with Crippen molar-refractivity contribution < 1.29 is 13.9 Å². The van der Waals surface area contributed by atoms with E-state index in [-0.39, 0.29) is 12.2 Å². The lowest BCUT2D eigenvalue weighted by Crippen LogP contribution is -2.43. The second kappa shape index (κ2) is 11.5. The number of ether oxygens (including phenoxy) is 1. The van der Waals surface area contributed by atoms with Gasteiger partial charge in [0, 0.05) is 63.0 Å². The van der Waals surface area contributed by atoms with Gasteiger partial charge in [0.2, 0.25) is 5.88 Å². The zero-order valence-electron chi connectivity index (χ0n) is 23.4. The van der Waals surface area contributed by atoms with Gasteiger partial charge in [-0.2, -0.15) is 4.98 Å². The molecule has 2 aromatic carbocycles. The number of rotatable bonds is 8. The van der Waals surface area contributed by atoms with E-state index in [2.05, 4.69) is 39.8 Å². The molecule has 0 atom stereocenters. The third-order valence-corrected chi connectivity index (χ3v) is 8.07. The summed E-state index contributed by atoms with van der Waals surface area (Å²) in [6, 6.07) is 15.1. The molecule has 1 aliphatic heterocycles. The van der Waals surface area contributed by atoms with Crippen LogP contribution in [0.2, 0.25) is 5.02 Å². The van der Waals surface area contributed by atoms with E-state index in [4.69, 9.17) is 20.8 Å². The van der Waals surface area contributed by atoms with Crippen LogP contribution in [0.15, 0.2) is 71.7 Å². The Labute approximate surface area is 244 Å². The van der Waals surface area contributed by atoms with Gasteiger partial charge >= 0.3 is 0 Å². The van der Waals surface area contributed by atoms with Crippen molar-refractivity contribution in [1.82, 2.24) is 24.3 Å². The summed E-state index contributed by atoms with van der Waals surface area (Å²) in [7, 11) is 4.08. The van der Waals surface area contributed by atoms with Gasteiger partial charge < -0.3 is 18.6 Å². The SMILES string of the molecule is Cc1cc(C(=O)Cc2cc(Oc3nc(-c4ccoc4)nc4ccn(C)c34)ccc2Cl)ccc1CN1CCN(C)CC1. The number of aromatic nitrogens is 3. The summed E-state index contributed by atoms with van der Waals surface area (Å²) >= 11 is 6.54. The van der Waals surface area contributed by atoms with E-state index in [0.717, 1.165) is 54.9 Å². The van der Waals surface area contributed by atoms with Crippen LogP contribution in [0, 0.1) is 6.92 Å². The number of furan rings is 1. The van der Waals surface area contributed by atoms with Gasteiger partial charge in [0.05, 0.1) is 17.3 Å². The van der Waals surface area contributed by atoms with Gasteiger partial charge in [-0.3, -0.25) is 9.69 Å². The van der Waals surface area contributed by atoms with Crippen molar-refractivity contribution >= 4 is 28.4 Å². The molecular formula is C32H32ClN5O3. The monoisotopic (exact) mass is 569 g/mol. The smallest absolute Gasteiger partial charge is 0.247 e. The molecule has 0 N–H and O–H groups in total. The molecule has 0 radical (unpaired) electrons. The fourth-order valence-electron chi connectivity index (χ4n) is 5.18. The summed E-state index contributed by atoms with van der Waals surface area (Å²) in [4.78, 5) is 27.5. The Kier molecular flexibility index (Phi) is 7.62. The van der Waals surface area contributed by atoms with Gasteiger partial charge in [-0.25, -0.2) is 4.98 Å². The third kappa shape index (κ3) is 5.91. The van der Waals surface area contributed by atoms with Crippen LogP contribution < -0.4 is 4.74 Å². The number of piperazine rings is 1. The number of benzene rings is 2. The van der Waals surface area contributed by atoms with Crippen molar-refractivity contribution in [2.75, 3.05) is 33.2 Å². The lowest BCUT2D eigenvalue weighted by Gasteiger charge is -2.32. The van der Waals surface area contributed by atoms with Gasteiger partial charge in [-0.1, -0.05) is 23.7 Å². The molecule has 1 fully saturated rings. The van der Waals surface area contributed by atoms with E-state index >= 15 is 0 Å². The highest BCUT2D eigenvalue weighted by molar-refractivity contribution is 6.31. The van der Waals surface area contributed by atoms with Crippen molar-refractivity contribution in [3.05, 3.63) is 94.5 Å². The van der Waals surface area contributed by atoms with E-state index in [9.17, 15) is 4.79 Å². The maximum absolute atomic E-state index is 13.3. The number of likely N-dealkylation sites (N-methyl/N-ethyl adjacent to an activating group) is 1. The predicted octanol–water partition coefficient (Wildman–Crippen LogP) is 6.16. The Balaban J connectivity index is 1.21. The highest BCUT2D eigenvalue weighted by Crippen LogP contribution is 2.32. The first kappa shape index (κ1) is 27.2. The van der Waals surface area contributed by atoms with Gasteiger partial charge in [0.15, 0.2) is 11.6 Å². The van der Waals surface area contributed by atoms with Crippen LogP contribution in [-0.4, -0.2) is 63.3 Å². The standard InChI is InChI=1S/C32H32ClN5O3/c1-21-16-22(4-5-23(21)19-38-13-11-36(2)12-14-38)29(39)18-25-17-26(6-7-27(25)33)41-32-30-28(8-10-37(30)3)34-31(35-32)24-9-15-40-20-24/h4-10,15-17,20H,11-14,18-19H2,1-3H3. The first-order valence-corrected chi connectivity index (χ1v) is 14.1. The lowest BCUT2D eigenvalue weighted by atomic mass is 9.98. The minimum absolute atomic E-state index is 0.00685. The fraction of sp³-hybridized carbons (Fsp3) is 0.281.